The summed E-state index contributed by atoms with van der Waals surface area (Å²) in [6.07, 6.45) is 5.46. The third-order valence-electron chi connectivity index (χ3n) is 5.65. The van der Waals surface area contributed by atoms with E-state index in [0.29, 0.717) is 27.6 Å². The van der Waals surface area contributed by atoms with Crippen LogP contribution >= 0.6 is 11.6 Å². The van der Waals surface area contributed by atoms with Gasteiger partial charge in [-0.25, -0.2) is 4.98 Å². The molecule has 0 fully saturated rings. The molecule has 0 spiro atoms. The van der Waals surface area contributed by atoms with Crippen molar-refractivity contribution in [2.45, 2.75) is 38.8 Å². The number of nitrogens with one attached hydrogen (secondary N) is 1. The molecule has 3 heterocycles. The number of amides is 1. The summed E-state index contributed by atoms with van der Waals surface area (Å²) in [4.78, 5) is 29.2. The van der Waals surface area contributed by atoms with Crippen LogP contribution in [0.4, 0.5) is 5.69 Å². The molecule has 5 rings (SSSR count). The van der Waals surface area contributed by atoms with Gasteiger partial charge in [0.2, 0.25) is 5.91 Å². The Morgan fingerprint density at radius 3 is 2.88 bits per heavy atom. The minimum Gasteiger partial charge on any atom is -0.325 e. The maximum atomic E-state index is 12.8. The molecule has 1 amide bonds. The summed E-state index contributed by atoms with van der Waals surface area (Å²) in [7, 11) is 0. The number of fused-ring (bicyclic) bond motifs is 2. The van der Waals surface area contributed by atoms with Gasteiger partial charge in [0.05, 0.1) is 22.3 Å². The number of aromatic nitrogens is 5. The van der Waals surface area contributed by atoms with Crippen molar-refractivity contribution in [2.24, 2.45) is 0 Å². The maximum absolute atomic E-state index is 12.8. The Kier molecular flexibility index (Phi) is 5.45. The molecule has 0 aliphatic carbocycles. The summed E-state index contributed by atoms with van der Waals surface area (Å²) in [5.41, 5.74) is 2.23. The third-order valence-corrected chi connectivity index (χ3v) is 5.98. The van der Waals surface area contributed by atoms with Crippen molar-refractivity contribution in [2.75, 3.05) is 5.32 Å². The Labute approximate surface area is 188 Å². The highest BCUT2D eigenvalue weighted by molar-refractivity contribution is 6.33. The zero-order valence-electron chi connectivity index (χ0n) is 17.3. The zero-order chi connectivity index (χ0) is 22.1. The molecule has 1 aliphatic heterocycles. The molecule has 162 valence electrons. The maximum Gasteiger partial charge on any atom is 0.269 e. The lowest BCUT2D eigenvalue weighted by Gasteiger charge is -2.12. The van der Waals surface area contributed by atoms with Crippen LogP contribution in [0.2, 0.25) is 5.02 Å². The van der Waals surface area contributed by atoms with Crippen molar-refractivity contribution < 1.29 is 4.79 Å². The van der Waals surface area contributed by atoms with E-state index in [2.05, 4.69) is 25.1 Å². The summed E-state index contributed by atoms with van der Waals surface area (Å²) in [6.45, 7) is 0.725. The van der Waals surface area contributed by atoms with Gasteiger partial charge >= 0.3 is 0 Å². The Balaban J connectivity index is 1.42. The number of anilines is 1. The number of hydrogen-bond donors (Lipinski definition) is 1. The monoisotopic (exact) mass is 448 g/mol. The Morgan fingerprint density at radius 1 is 1.09 bits per heavy atom. The van der Waals surface area contributed by atoms with Gasteiger partial charge < -0.3 is 9.88 Å². The number of rotatable bonds is 4. The van der Waals surface area contributed by atoms with E-state index in [0.717, 1.165) is 43.6 Å². The average Bonchev–Trinajstić information content (AvgIpc) is 3.04. The fraction of sp³-hybridized carbons (Fsp3) is 0.261. The molecule has 0 saturated heterocycles. The van der Waals surface area contributed by atoms with Crippen LogP contribution in [0.15, 0.2) is 53.5 Å². The topological polar surface area (TPSA) is 94.7 Å². The number of nitrogens with zero attached hydrogens (tertiary/aromatic N) is 5. The number of hydrogen-bond acceptors (Lipinski definition) is 5. The number of halogens is 1. The Morgan fingerprint density at radius 2 is 1.97 bits per heavy atom. The van der Waals surface area contributed by atoms with E-state index >= 15 is 0 Å². The van der Waals surface area contributed by atoms with Gasteiger partial charge in [0, 0.05) is 24.2 Å². The molecule has 0 unspecified atom stereocenters. The fourth-order valence-corrected chi connectivity index (χ4v) is 4.28. The first-order chi connectivity index (χ1) is 15.6. The number of carbonyl (C=O) groups is 1. The predicted molar refractivity (Wildman–Crippen MR) is 123 cm³/mol. The predicted octanol–water partition coefficient (Wildman–Crippen LogP) is 3.67. The summed E-state index contributed by atoms with van der Waals surface area (Å²) >= 11 is 6.48. The molecule has 9 heteroatoms. The van der Waals surface area contributed by atoms with Gasteiger partial charge in [0.25, 0.3) is 5.56 Å². The van der Waals surface area contributed by atoms with Gasteiger partial charge in [-0.3, -0.25) is 14.2 Å². The van der Waals surface area contributed by atoms with Crippen LogP contribution in [0.3, 0.4) is 0 Å². The molecule has 1 N–H and O–H groups in total. The summed E-state index contributed by atoms with van der Waals surface area (Å²) in [5.74, 6) is 1.35. The first-order valence-corrected chi connectivity index (χ1v) is 10.9. The molecule has 0 saturated carbocycles. The van der Waals surface area contributed by atoms with Crippen molar-refractivity contribution in [1.82, 2.24) is 24.3 Å². The highest BCUT2D eigenvalue weighted by atomic mass is 35.5. The zero-order valence-corrected chi connectivity index (χ0v) is 18.0. The van der Waals surface area contributed by atoms with Crippen molar-refractivity contribution in [3.63, 3.8) is 0 Å². The van der Waals surface area contributed by atoms with Gasteiger partial charge in [-0.2, -0.15) is 0 Å². The number of para-hydroxylation sites is 2. The van der Waals surface area contributed by atoms with Gasteiger partial charge in [-0.15, -0.1) is 10.2 Å². The summed E-state index contributed by atoms with van der Waals surface area (Å²) in [5, 5.41) is 12.1. The molecular formula is C23H21ClN6O2. The van der Waals surface area contributed by atoms with Crippen LogP contribution < -0.4 is 10.9 Å². The molecule has 1 aliphatic rings. The SMILES string of the molecule is O=C(Cn1c(=O)cnc2ccccc21)Nc1ccc(Cl)c(-c2nnc3n2CCCCC3)c1. The fourth-order valence-electron chi connectivity index (χ4n) is 4.08. The lowest BCUT2D eigenvalue weighted by Crippen LogP contribution is -2.28. The normalized spacial score (nSPS) is 13.5. The van der Waals surface area contributed by atoms with Gasteiger partial charge in [-0.1, -0.05) is 30.2 Å². The van der Waals surface area contributed by atoms with Crippen molar-refractivity contribution >= 4 is 34.2 Å². The highest BCUT2D eigenvalue weighted by Crippen LogP contribution is 2.31. The Bertz CT molecular complexity index is 1380. The smallest absolute Gasteiger partial charge is 0.269 e. The lowest BCUT2D eigenvalue weighted by molar-refractivity contribution is -0.116. The van der Waals surface area contributed by atoms with E-state index in [1.54, 1.807) is 30.3 Å². The second kappa shape index (κ2) is 8.55. The number of benzene rings is 2. The van der Waals surface area contributed by atoms with Crippen LogP contribution in [0.1, 0.15) is 25.1 Å². The summed E-state index contributed by atoms with van der Waals surface area (Å²) in [6, 6.07) is 12.5. The van der Waals surface area contributed by atoms with Crippen LogP contribution in [0.5, 0.6) is 0 Å². The van der Waals surface area contributed by atoms with Crippen LogP contribution in [-0.4, -0.2) is 30.2 Å². The van der Waals surface area contributed by atoms with E-state index in [1.807, 2.05) is 12.1 Å². The van der Waals surface area contributed by atoms with E-state index in [-0.39, 0.29) is 18.0 Å². The molecule has 0 radical (unpaired) electrons. The first kappa shape index (κ1) is 20.4. The number of aryl methyl sites for hydroxylation is 1. The quantitative estimate of drug-likeness (QED) is 0.514. The molecule has 8 nitrogen and oxygen atoms in total. The van der Waals surface area contributed by atoms with Crippen LogP contribution in [-0.2, 0) is 24.3 Å². The van der Waals surface area contributed by atoms with Crippen molar-refractivity contribution in [3.05, 3.63) is 69.9 Å². The van der Waals surface area contributed by atoms with E-state index < -0.39 is 0 Å². The minimum absolute atomic E-state index is 0.125. The van der Waals surface area contributed by atoms with Crippen LogP contribution in [0.25, 0.3) is 22.4 Å². The average molecular weight is 449 g/mol. The third kappa shape index (κ3) is 3.89. The molecule has 32 heavy (non-hydrogen) atoms. The first-order valence-electron chi connectivity index (χ1n) is 10.6. The lowest BCUT2D eigenvalue weighted by atomic mass is 10.1. The molecule has 0 bridgehead atoms. The van der Waals surface area contributed by atoms with Crippen molar-refractivity contribution in [1.29, 1.82) is 0 Å². The van der Waals surface area contributed by atoms with E-state index in [1.165, 1.54) is 10.8 Å². The molecular weight excluding hydrogens is 428 g/mol. The minimum atomic E-state index is -0.332. The standard InChI is InChI=1S/C23H21ClN6O2/c24-17-10-9-15(12-16(17)23-28-27-20-8-2-1-5-11-29(20)23)26-21(31)14-30-19-7-4-3-6-18(19)25-13-22(30)32/h3-4,6-7,9-10,12-13H,1-2,5,8,11,14H2,(H,26,31). The summed E-state index contributed by atoms with van der Waals surface area (Å²) < 4.78 is 3.52. The van der Waals surface area contributed by atoms with Gasteiger partial charge in [-0.05, 0) is 43.2 Å². The number of carbonyl (C=O) groups excluding carboxylic acids is 1. The van der Waals surface area contributed by atoms with Gasteiger partial charge in [0.1, 0.15) is 12.4 Å². The largest absolute Gasteiger partial charge is 0.325 e. The second-order valence-electron chi connectivity index (χ2n) is 7.82. The molecule has 0 atom stereocenters. The van der Waals surface area contributed by atoms with Crippen molar-refractivity contribution in [3.8, 4) is 11.4 Å². The van der Waals surface area contributed by atoms with E-state index in [9.17, 15) is 9.59 Å². The molecule has 2 aromatic heterocycles. The van der Waals surface area contributed by atoms with Gasteiger partial charge in [0.15, 0.2) is 5.82 Å². The highest BCUT2D eigenvalue weighted by Gasteiger charge is 2.19. The molecule has 4 aromatic rings. The van der Waals surface area contributed by atoms with E-state index in [4.69, 9.17) is 11.6 Å². The second-order valence-corrected chi connectivity index (χ2v) is 8.22. The molecule has 2 aromatic carbocycles. The Hall–Kier alpha value is -3.52. The van der Waals surface area contributed by atoms with Crippen LogP contribution in [0, 0.1) is 0 Å².